The van der Waals surface area contributed by atoms with Gasteiger partial charge in [0.1, 0.15) is 5.76 Å². The van der Waals surface area contributed by atoms with Gasteiger partial charge in [0.25, 0.3) is 0 Å². The summed E-state index contributed by atoms with van der Waals surface area (Å²) in [4.78, 5) is 11.4. The molecule has 0 amide bonds. The molecule has 0 bridgehead atoms. The van der Waals surface area contributed by atoms with Crippen molar-refractivity contribution in [2.24, 2.45) is 0 Å². The Morgan fingerprint density at radius 3 is 2.47 bits per heavy atom. The predicted molar refractivity (Wildman–Crippen MR) is 64.6 cm³/mol. The summed E-state index contributed by atoms with van der Waals surface area (Å²) in [7, 11) is 0. The molecule has 4 heteroatoms. The molecule has 0 saturated carbocycles. The molecule has 0 aliphatic carbocycles. The summed E-state index contributed by atoms with van der Waals surface area (Å²) in [6.45, 7) is 1.26. The van der Waals surface area contributed by atoms with Gasteiger partial charge in [-0.2, -0.15) is 5.26 Å². The van der Waals surface area contributed by atoms with Gasteiger partial charge in [-0.05, 0) is 6.92 Å². The predicted octanol–water partition coefficient (Wildman–Crippen LogP) is 2.48. The Morgan fingerprint density at radius 1 is 1.41 bits per heavy atom. The average molecular weight is 228 g/mol. The lowest BCUT2D eigenvalue weighted by atomic mass is 9.99. The van der Waals surface area contributed by atoms with E-state index in [0.717, 1.165) is 0 Å². The molecule has 0 aliphatic heterocycles. The van der Waals surface area contributed by atoms with Crippen LogP contribution in [0.25, 0.3) is 5.76 Å². The van der Waals surface area contributed by atoms with Gasteiger partial charge < -0.3 is 10.5 Å². The lowest BCUT2D eigenvalue weighted by molar-refractivity contribution is -0.113. The third kappa shape index (κ3) is 3.02. The third-order valence-corrected chi connectivity index (χ3v) is 2.19. The Bertz CT molecular complexity index is 510. The summed E-state index contributed by atoms with van der Waals surface area (Å²) in [5, 5.41) is 26.1. The van der Waals surface area contributed by atoms with E-state index in [1.54, 1.807) is 36.4 Å². The molecular formula is C13H12N2O2. The molecular weight excluding hydrogens is 216 g/mol. The van der Waals surface area contributed by atoms with Crippen molar-refractivity contribution in [1.82, 2.24) is 0 Å². The van der Waals surface area contributed by atoms with E-state index in [9.17, 15) is 9.90 Å². The second kappa shape index (κ2) is 5.61. The number of carbonyl (C=O) groups is 1. The van der Waals surface area contributed by atoms with Crippen LogP contribution < -0.4 is 0 Å². The molecule has 0 heterocycles. The normalized spacial score (nSPS) is 11.3. The molecule has 0 atom stereocenters. The van der Waals surface area contributed by atoms with Crippen LogP contribution >= 0.6 is 0 Å². The van der Waals surface area contributed by atoms with Crippen LogP contribution in [0, 0.1) is 16.7 Å². The molecule has 0 aliphatic rings. The van der Waals surface area contributed by atoms with Gasteiger partial charge in [-0.1, -0.05) is 30.3 Å². The van der Waals surface area contributed by atoms with Crippen LogP contribution in [0.3, 0.4) is 0 Å². The number of aliphatic hydroxyl groups excluding tert-OH is 1. The third-order valence-electron chi connectivity index (χ3n) is 2.19. The summed E-state index contributed by atoms with van der Waals surface area (Å²) in [6, 6.07) is 10.3. The zero-order valence-corrected chi connectivity index (χ0v) is 9.40. The first kappa shape index (κ1) is 12.7. The number of hydrogen-bond donors (Lipinski definition) is 2. The van der Waals surface area contributed by atoms with Gasteiger partial charge in [0.15, 0.2) is 5.78 Å². The van der Waals surface area contributed by atoms with E-state index in [-0.39, 0.29) is 23.5 Å². The van der Waals surface area contributed by atoms with Gasteiger partial charge in [-0.25, -0.2) is 0 Å². The number of carbonyl (C=O) groups excluding carboxylic acids is 1. The number of nitrogens with zero attached hydrogens (tertiary/aromatic N) is 1. The fraction of sp³-hybridized carbons (Fsp3) is 0.154. The minimum Gasteiger partial charge on any atom is -0.506 e. The zero-order valence-electron chi connectivity index (χ0n) is 9.40. The highest BCUT2D eigenvalue weighted by atomic mass is 16.3. The molecule has 2 N–H and O–H groups in total. The number of aliphatic hydroxyl groups is 1. The van der Waals surface area contributed by atoms with Gasteiger partial charge in [-0.3, -0.25) is 4.79 Å². The van der Waals surface area contributed by atoms with Crippen LogP contribution in [-0.2, 0) is 4.79 Å². The molecule has 1 aromatic carbocycles. The first-order valence-corrected chi connectivity index (χ1v) is 5.02. The van der Waals surface area contributed by atoms with Crippen molar-refractivity contribution >= 4 is 17.3 Å². The molecule has 0 aromatic heterocycles. The SMILES string of the molecule is CC(=O)/C(C(=N)CC#N)=C(/O)c1ccccc1. The van der Waals surface area contributed by atoms with Gasteiger partial charge >= 0.3 is 0 Å². The second-order valence-electron chi connectivity index (χ2n) is 3.46. The number of nitrogens with one attached hydrogen (secondary N) is 1. The fourth-order valence-corrected chi connectivity index (χ4v) is 1.43. The van der Waals surface area contributed by atoms with Crippen molar-refractivity contribution in [1.29, 1.82) is 10.7 Å². The molecule has 0 spiro atoms. The number of ketones is 1. The van der Waals surface area contributed by atoms with Crippen molar-refractivity contribution in [3.63, 3.8) is 0 Å². The maximum Gasteiger partial charge on any atom is 0.165 e. The molecule has 17 heavy (non-hydrogen) atoms. The van der Waals surface area contributed by atoms with E-state index in [2.05, 4.69) is 0 Å². The zero-order chi connectivity index (χ0) is 12.8. The van der Waals surface area contributed by atoms with Gasteiger partial charge in [0.05, 0.1) is 23.8 Å². The maximum atomic E-state index is 11.4. The highest BCUT2D eigenvalue weighted by molar-refractivity contribution is 6.25. The average Bonchev–Trinajstić information content (AvgIpc) is 2.30. The topological polar surface area (TPSA) is 84.9 Å². The Balaban J connectivity index is 3.26. The Hall–Kier alpha value is -2.41. The number of hydrogen-bond acceptors (Lipinski definition) is 4. The molecule has 0 fully saturated rings. The summed E-state index contributed by atoms with van der Waals surface area (Å²) in [5.74, 6) is -0.676. The summed E-state index contributed by atoms with van der Waals surface area (Å²) in [5.41, 5.74) is 0.194. The summed E-state index contributed by atoms with van der Waals surface area (Å²) >= 11 is 0. The van der Waals surface area contributed by atoms with Crippen molar-refractivity contribution in [3.8, 4) is 6.07 Å². The maximum absolute atomic E-state index is 11.4. The number of benzene rings is 1. The lowest BCUT2D eigenvalue weighted by Gasteiger charge is -2.07. The van der Waals surface area contributed by atoms with Gasteiger partial charge in [0, 0.05) is 5.56 Å². The quantitative estimate of drug-likeness (QED) is 0.471. The van der Waals surface area contributed by atoms with E-state index in [1.807, 2.05) is 0 Å². The van der Waals surface area contributed by atoms with Crippen LogP contribution in [0.1, 0.15) is 18.9 Å². The number of Topliss-reactive ketones (excluding diaryl/α,β-unsaturated/α-hetero) is 1. The monoisotopic (exact) mass is 228 g/mol. The number of rotatable bonds is 4. The smallest absolute Gasteiger partial charge is 0.165 e. The Labute approximate surface area is 99.3 Å². The van der Waals surface area contributed by atoms with Crippen molar-refractivity contribution in [2.45, 2.75) is 13.3 Å². The minimum atomic E-state index is -0.424. The van der Waals surface area contributed by atoms with Crippen molar-refractivity contribution in [2.75, 3.05) is 0 Å². The van der Waals surface area contributed by atoms with Gasteiger partial charge in [-0.15, -0.1) is 0 Å². The summed E-state index contributed by atoms with van der Waals surface area (Å²) in [6.07, 6.45) is -0.203. The molecule has 1 aromatic rings. The summed E-state index contributed by atoms with van der Waals surface area (Å²) < 4.78 is 0. The molecule has 0 unspecified atom stereocenters. The molecule has 0 saturated heterocycles. The first-order chi connectivity index (χ1) is 8.07. The number of allylic oxidation sites excluding steroid dienone is 1. The second-order valence-corrected chi connectivity index (χ2v) is 3.46. The fourth-order valence-electron chi connectivity index (χ4n) is 1.43. The van der Waals surface area contributed by atoms with E-state index < -0.39 is 5.78 Å². The van der Waals surface area contributed by atoms with Crippen LogP contribution in [0.15, 0.2) is 35.9 Å². The van der Waals surface area contributed by atoms with E-state index in [4.69, 9.17) is 10.7 Å². The molecule has 4 nitrogen and oxygen atoms in total. The highest BCUT2D eigenvalue weighted by Gasteiger charge is 2.17. The van der Waals surface area contributed by atoms with Crippen LogP contribution in [-0.4, -0.2) is 16.6 Å². The molecule has 0 radical (unpaired) electrons. The molecule has 86 valence electrons. The van der Waals surface area contributed by atoms with Crippen LogP contribution in [0.2, 0.25) is 0 Å². The van der Waals surface area contributed by atoms with Gasteiger partial charge in [0.2, 0.25) is 0 Å². The number of nitriles is 1. The largest absolute Gasteiger partial charge is 0.506 e. The Morgan fingerprint density at radius 2 is 2.00 bits per heavy atom. The van der Waals surface area contributed by atoms with E-state index >= 15 is 0 Å². The van der Waals surface area contributed by atoms with E-state index in [1.165, 1.54) is 6.92 Å². The molecule has 1 rings (SSSR count). The van der Waals surface area contributed by atoms with E-state index in [0.29, 0.717) is 5.56 Å². The van der Waals surface area contributed by atoms with Crippen LogP contribution in [0.5, 0.6) is 0 Å². The highest BCUT2D eigenvalue weighted by Crippen LogP contribution is 2.18. The first-order valence-electron chi connectivity index (χ1n) is 5.02. The standard InChI is InChI=1S/C13H12N2O2/c1-9(16)12(11(15)7-8-14)13(17)10-5-3-2-4-6-10/h2-6,15,17H,7H2,1H3/b13-12-,15-11?. The lowest BCUT2D eigenvalue weighted by Crippen LogP contribution is -2.11. The van der Waals surface area contributed by atoms with Crippen molar-refractivity contribution in [3.05, 3.63) is 41.5 Å². The van der Waals surface area contributed by atoms with Crippen LogP contribution in [0.4, 0.5) is 0 Å². The minimum absolute atomic E-state index is 0.0993. The van der Waals surface area contributed by atoms with Crippen molar-refractivity contribution < 1.29 is 9.90 Å². The Kier molecular flexibility index (Phi) is 4.18.